The van der Waals surface area contributed by atoms with Gasteiger partial charge in [0.2, 0.25) is 5.91 Å². The highest BCUT2D eigenvalue weighted by Crippen LogP contribution is 2.77. The summed E-state index contributed by atoms with van der Waals surface area (Å²) in [4.78, 5) is 50.7. The zero-order chi connectivity index (χ0) is 40.1. The molecule has 8 heteroatoms. The van der Waals surface area contributed by atoms with E-state index in [4.69, 9.17) is 16.3 Å². The molecule has 0 saturated heterocycles. The van der Waals surface area contributed by atoms with Crippen LogP contribution in [0.1, 0.15) is 145 Å². The molecule has 300 valence electrons. The number of hydrogen-bond acceptors (Lipinski definition) is 4. The predicted molar refractivity (Wildman–Crippen MR) is 217 cm³/mol. The summed E-state index contributed by atoms with van der Waals surface area (Å²) < 4.78 is 6.20. The molecule has 7 nitrogen and oxygen atoms in total. The van der Waals surface area contributed by atoms with Gasteiger partial charge in [0.25, 0.3) is 0 Å². The highest BCUT2D eigenvalue weighted by Gasteiger charge is 2.70. The molecule has 1 amide bonds. The molecule has 6 aliphatic carbocycles. The van der Waals surface area contributed by atoms with E-state index >= 15 is 0 Å². The maximum Gasteiger partial charge on any atom is 0.486 e. The third-order valence-corrected chi connectivity index (χ3v) is 17.2. The third kappa shape index (κ3) is 6.27. The molecule has 0 aromatic heterocycles. The average molecular weight is 775 g/mol. The lowest BCUT2D eigenvalue weighted by Gasteiger charge is -2.72. The number of nitrogens with one attached hydrogen (secondary N) is 1. The van der Waals surface area contributed by atoms with E-state index in [-0.39, 0.29) is 69.2 Å². The molecule has 5 saturated carbocycles. The Labute approximate surface area is 333 Å². The Bertz CT molecular complexity index is 1850. The van der Waals surface area contributed by atoms with Crippen LogP contribution in [0.15, 0.2) is 47.6 Å². The van der Waals surface area contributed by atoms with Crippen LogP contribution in [-0.2, 0) is 24.7 Å². The molecule has 2 unspecified atom stereocenters. The first-order chi connectivity index (χ1) is 25.6. The zero-order valence-electron chi connectivity index (χ0n) is 34.7. The summed E-state index contributed by atoms with van der Waals surface area (Å²) in [5, 5.41) is 13.7. The molecular formula is C47H65ClNO6+. The topological polar surface area (TPSA) is 114 Å². The first-order valence-corrected chi connectivity index (χ1v) is 21.4. The number of carboxylic acid groups (broad SMARTS) is 1. The van der Waals surface area contributed by atoms with Crippen LogP contribution < -0.4 is 5.32 Å². The molecule has 8 atom stereocenters. The lowest BCUT2D eigenvalue weighted by molar-refractivity contribution is -0.232. The highest BCUT2D eigenvalue weighted by molar-refractivity contribution is 6.30. The number of halogens is 1. The number of ether oxygens (including phenoxy) is 1. The molecule has 0 heterocycles. The van der Waals surface area contributed by atoms with Crippen LogP contribution in [0.3, 0.4) is 0 Å². The van der Waals surface area contributed by atoms with Gasteiger partial charge in [0.05, 0.1) is 12.0 Å². The molecule has 55 heavy (non-hydrogen) atoms. The summed E-state index contributed by atoms with van der Waals surface area (Å²) in [5.41, 5.74) is 1.41. The van der Waals surface area contributed by atoms with Crippen molar-refractivity contribution in [2.24, 2.45) is 56.2 Å². The van der Waals surface area contributed by atoms with Gasteiger partial charge in [0.15, 0.2) is 5.78 Å². The Kier molecular flexibility index (Phi) is 9.75. The second-order valence-electron chi connectivity index (χ2n) is 21.0. The lowest BCUT2D eigenvalue weighted by atomic mass is 9.33. The second-order valence-corrected chi connectivity index (χ2v) is 21.4. The van der Waals surface area contributed by atoms with Gasteiger partial charge >= 0.3 is 11.9 Å². The van der Waals surface area contributed by atoms with Crippen molar-refractivity contribution in [3.8, 4) is 0 Å². The normalized spacial score (nSPS) is 37.5. The van der Waals surface area contributed by atoms with E-state index in [0.717, 1.165) is 75.3 Å². The van der Waals surface area contributed by atoms with Crippen molar-refractivity contribution in [3.63, 3.8) is 0 Å². The largest absolute Gasteiger partial charge is 0.486 e. The maximum atomic E-state index is 14.1. The Morgan fingerprint density at radius 2 is 1.69 bits per heavy atom. The van der Waals surface area contributed by atoms with Gasteiger partial charge in [-0.15, -0.1) is 0 Å². The van der Waals surface area contributed by atoms with Crippen molar-refractivity contribution < 1.29 is 29.0 Å². The summed E-state index contributed by atoms with van der Waals surface area (Å²) in [6, 6.07) is 7.78. The number of rotatable bonds is 9. The fourth-order valence-corrected chi connectivity index (χ4v) is 13.8. The number of ketones is 1. The van der Waals surface area contributed by atoms with Crippen LogP contribution >= 0.6 is 11.6 Å². The molecule has 0 radical (unpaired) electrons. The highest BCUT2D eigenvalue weighted by atomic mass is 35.5. The minimum atomic E-state index is -1.06. The van der Waals surface area contributed by atoms with Crippen molar-refractivity contribution >= 4 is 35.2 Å². The van der Waals surface area contributed by atoms with E-state index in [0.29, 0.717) is 23.3 Å². The van der Waals surface area contributed by atoms with Gasteiger partial charge in [-0.05, 0) is 153 Å². The SMILES string of the molecule is CC(C)C1=C2C3CC[C@@H]4[C@@]5(C)CC[C@H](OC(=O)CC(C)(C)C(O)=[OH+])C(C)(C)C5CC[C@@]4(C)[C@]3(C)CC[C@@]2(/C=C/C(=O)NC2(c3cccc(Cl)c3)CC2)CC1=O. The van der Waals surface area contributed by atoms with E-state index < -0.39 is 16.8 Å². The van der Waals surface area contributed by atoms with Crippen molar-refractivity contribution in [2.45, 2.75) is 151 Å². The fraction of sp³-hybridized carbons (Fsp3) is 0.702. The first-order valence-electron chi connectivity index (χ1n) is 21.1. The van der Waals surface area contributed by atoms with Crippen LogP contribution in [0.4, 0.5) is 0 Å². The number of amides is 1. The summed E-state index contributed by atoms with van der Waals surface area (Å²) >= 11 is 6.32. The molecule has 5 fully saturated rings. The van der Waals surface area contributed by atoms with Gasteiger partial charge in [-0.25, -0.2) is 0 Å². The Balaban J connectivity index is 1.15. The Morgan fingerprint density at radius 3 is 2.33 bits per heavy atom. The van der Waals surface area contributed by atoms with Gasteiger partial charge < -0.3 is 20.0 Å². The van der Waals surface area contributed by atoms with Gasteiger partial charge in [-0.1, -0.05) is 78.3 Å². The Hall–Kier alpha value is -2.93. The Morgan fingerprint density at radius 1 is 0.982 bits per heavy atom. The molecule has 0 bridgehead atoms. The lowest BCUT2D eigenvalue weighted by Crippen LogP contribution is -2.65. The summed E-state index contributed by atoms with van der Waals surface area (Å²) in [7, 11) is 0. The number of benzene rings is 1. The molecule has 7 rings (SSSR count). The standard InChI is InChI=1S/C47H64ClNO6/c1-28(2)38-32(50)26-46(20-17-36(51)49-47(23-24-47)29-11-10-12-30(48)25-29)22-21-44(8)31(39(38)46)13-14-34-43(7)18-16-35(55-37(52)27-41(3,4)40(53)54)42(5,6)33(43)15-19-45(34,44)9/h10-12,17,20,25,28,31,33-35H,13-16,18-19,21-24,26-27H2,1-9H3,(H,49,51)(H,53,54)/p+1/b20-17+/t31?,33?,34-,35+,43+,44-,45-,46+/m1/s1. The molecule has 1 aromatic carbocycles. The number of carbonyl (C=O) groups is 3. The maximum absolute atomic E-state index is 14.1. The molecule has 0 spiro atoms. The third-order valence-electron chi connectivity index (χ3n) is 16.9. The first kappa shape index (κ1) is 40.3. The number of Topliss-reactive ketones (excluding diaryl/α,β-unsaturated/α-hetero) is 1. The van der Waals surface area contributed by atoms with Crippen molar-refractivity contribution in [1.29, 1.82) is 0 Å². The quantitative estimate of drug-likeness (QED) is 0.147. The van der Waals surface area contributed by atoms with Crippen LogP contribution in [0.2, 0.25) is 5.02 Å². The van der Waals surface area contributed by atoms with E-state index in [9.17, 15) is 24.3 Å². The average Bonchev–Trinajstić information content (AvgIpc) is 3.80. The number of fused-ring (bicyclic) bond motifs is 7. The summed E-state index contributed by atoms with van der Waals surface area (Å²) in [6.07, 6.45) is 13.7. The van der Waals surface area contributed by atoms with Gasteiger partial charge in [-0.3, -0.25) is 14.4 Å². The zero-order valence-corrected chi connectivity index (χ0v) is 35.5. The van der Waals surface area contributed by atoms with E-state index in [2.05, 4.69) is 59.9 Å². The summed E-state index contributed by atoms with van der Waals surface area (Å²) in [5.74, 6) is 0.279. The number of aliphatic carboxylic acids is 1. The monoisotopic (exact) mass is 774 g/mol. The number of allylic oxidation sites excluding steroid dienone is 3. The van der Waals surface area contributed by atoms with Crippen LogP contribution in [0.5, 0.6) is 0 Å². The van der Waals surface area contributed by atoms with Crippen molar-refractivity contribution in [1.82, 2.24) is 5.32 Å². The van der Waals surface area contributed by atoms with Crippen LogP contribution in [0.25, 0.3) is 0 Å². The number of esters is 1. The predicted octanol–water partition coefficient (Wildman–Crippen LogP) is 10.4. The van der Waals surface area contributed by atoms with Crippen LogP contribution in [0, 0.1) is 56.2 Å². The molecule has 6 aliphatic rings. The van der Waals surface area contributed by atoms with E-state index in [1.165, 1.54) is 5.57 Å². The van der Waals surface area contributed by atoms with Gasteiger partial charge in [0, 0.05) is 22.3 Å². The van der Waals surface area contributed by atoms with Crippen LogP contribution in [-0.4, -0.2) is 39.6 Å². The van der Waals surface area contributed by atoms with Crippen molar-refractivity contribution in [3.05, 3.63) is 58.1 Å². The van der Waals surface area contributed by atoms with Crippen molar-refractivity contribution in [2.75, 3.05) is 0 Å². The molecule has 0 aliphatic heterocycles. The molecule has 1 aromatic rings. The van der Waals surface area contributed by atoms with Gasteiger partial charge in [0.1, 0.15) is 11.5 Å². The smallest absolute Gasteiger partial charge is 0.462 e. The minimum absolute atomic E-state index is 0.00389. The summed E-state index contributed by atoms with van der Waals surface area (Å²) in [6.45, 7) is 19.8. The minimum Gasteiger partial charge on any atom is -0.462 e. The number of carbonyl (C=O) groups excluding carboxylic acids is 3. The second kappa shape index (κ2) is 13.3. The molecular weight excluding hydrogens is 710 g/mol. The van der Waals surface area contributed by atoms with E-state index in [1.54, 1.807) is 19.9 Å². The fourth-order valence-electron chi connectivity index (χ4n) is 13.6. The van der Waals surface area contributed by atoms with Gasteiger partial charge in [-0.2, -0.15) is 0 Å². The number of carboxylic acids is 1. The number of aliphatic hydroxyl groups excluding tert-OH is 1. The van der Waals surface area contributed by atoms with E-state index in [1.807, 2.05) is 24.3 Å². The molecule has 3 N–H and O–H groups in total. The number of hydrogen-bond donors (Lipinski definition) is 2.